The van der Waals surface area contributed by atoms with Gasteiger partial charge in [0.05, 0.1) is 11.9 Å². The molecule has 0 saturated carbocycles. The van der Waals surface area contributed by atoms with Gasteiger partial charge in [0, 0.05) is 37.8 Å². The van der Waals surface area contributed by atoms with Gasteiger partial charge in [0.15, 0.2) is 0 Å². The van der Waals surface area contributed by atoms with Crippen LogP contribution in [0, 0.1) is 11.7 Å². The number of carbonyl (C=O) groups is 1. The molecule has 1 aliphatic rings. The summed E-state index contributed by atoms with van der Waals surface area (Å²) in [5.41, 5.74) is 1.78. The molecule has 1 N–H and O–H groups in total. The molecule has 1 amide bonds. The second-order valence-corrected chi connectivity index (χ2v) is 6.86. The first kappa shape index (κ1) is 19.1. The van der Waals surface area contributed by atoms with Crippen molar-refractivity contribution < 1.29 is 9.18 Å². The fourth-order valence-corrected chi connectivity index (χ4v) is 3.40. The molecular weight excluding hydrogens is 343 g/mol. The molecule has 1 aliphatic heterocycles. The first-order chi connectivity index (χ1) is 13.1. The van der Waals surface area contributed by atoms with Crippen LogP contribution >= 0.6 is 0 Å². The van der Waals surface area contributed by atoms with Gasteiger partial charge in [-0.2, -0.15) is 0 Å². The Bertz CT molecular complexity index is 736. The van der Waals surface area contributed by atoms with Crippen molar-refractivity contribution in [3.63, 3.8) is 0 Å². The minimum atomic E-state index is -0.210. The molecule has 0 atom stereocenters. The smallest absolute Gasteiger partial charge is 0.227 e. The zero-order chi connectivity index (χ0) is 19.2. The molecule has 3 rings (SSSR count). The van der Waals surface area contributed by atoms with Gasteiger partial charge in [-0.25, -0.2) is 9.37 Å². The first-order valence-electron chi connectivity index (χ1n) is 9.63. The summed E-state index contributed by atoms with van der Waals surface area (Å²) in [7, 11) is 0. The quantitative estimate of drug-likeness (QED) is 0.837. The third-order valence-corrected chi connectivity index (χ3v) is 5.17. The molecule has 2 aromatic rings. The predicted molar refractivity (Wildman–Crippen MR) is 108 cm³/mol. The van der Waals surface area contributed by atoms with Gasteiger partial charge < -0.3 is 15.1 Å². The Kier molecular flexibility index (Phi) is 6.27. The summed E-state index contributed by atoms with van der Waals surface area (Å²) in [5.74, 6) is 0.805. The van der Waals surface area contributed by atoms with Crippen molar-refractivity contribution >= 4 is 23.1 Å². The van der Waals surface area contributed by atoms with Crippen LogP contribution in [-0.4, -0.2) is 37.1 Å². The summed E-state index contributed by atoms with van der Waals surface area (Å²) >= 11 is 0. The van der Waals surface area contributed by atoms with Crippen LogP contribution in [0.2, 0.25) is 0 Å². The van der Waals surface area contributed by atoms with Gasteiger partial charge in [-0.15, -0.1) is 0 Å². The number of halogens is 1. The second-order valence-electron chi connectivity index (χ2n) is 6.86. The molecule has 0 spiro atoms. The highest BCUT2D eigenvalue weighted by Gasteiger charge is 2.19. The van der Waals surface area contributed by atoms with Crippen molar-refractivity contribution in [1.82, 2.24) is 4.98 Å². The molecule has 0 aliphatic carbocycles. The predicted octanol–water partition coefficient (Wildman–Crippen LogP) is 3.92. The zero-order valence-electron chi connectivity index (χ0n) is 16.0. The molecule has 1 aromatic carbocycles. The highest BCUT2D eigenvalue weighted by atomic mass is 19.1. The van der Waals surface area contributed by atoms with E-state index in [2.05, 4.69) is 20.1 Å². The Morgan fingerprint density at radius 1 is 1.04 bits per heavy atom. The van der Waals surface area contributed by atoms with E-state index in [1.165, 1.54) is 12.1 Å². The second kappa shape index (κ2) is 8.84. The molecular formula is C21H27FN4O. The fraction of sp³-hybridized carbons (Fsp3) is 0.429. The lowest BCUT2D eigenvalue weighted by Gasteiger charge is -2.36. The maximum Gasteiger partial charge on any atom is 0.227 e. The van der Waals surface area contributed by atoms with E-state index in [-0.39, 0.29) is 17.6 Å². The summed E-state index contributed by atoms with van der Waals surface area (Å²) in [6.07, 6.45) is 3.40. The highest BCUT2D eigenvalue weighted by Crippen LogP contribution is 2.21. The van der Waals surface area contributed by atoms with Gasteiger partial charge in [0.1, 0.15) is 11.6 Å². The first-order valence-corrected chi connectivity index (χ1v) is 9.63. The van der Waals surface area contributed by atoms with Crippen LogP contribution in [0.25, 0.3) is 0 Å². The number of benzene rings is 1. The normalized spacial score (nSPS) is 14.5. The molecule has 6 heteroatoms. The number of carbonyl (C=O) groups excluding carboxylic acids is 1. The Morgan fingerprint density at radius 3 is 2.22 bits per heavy atom. The van der Waals surface area contributed by atoms with Crippen LogP contribution in [-0.2, 0) is 4.79 Å². The Balaban J connectivity index is 1.55. The number of hydrogen-bond donors (Lipinski definition) is 1. The molecule has 27 heavy (non-hydrogen) atoms. The fourth-order valence-electron chi connectivity index (χ4n) is 3.40. The average Bonchev–Trinajstić information content (AvgIpc) is 2.70. The van der Waals surface area contributed by atoms with E-state index in [4.69, 9.17) is 0 Å². The number of amides is 1. The maximum absolute atomic E-state index is 13.1. The van der Waals surface area contributed by atoms with Gasteiger partial charge in [0.2, 0.25) is 5.91 Å². The largest absolute Gasteiger partial charge is 0.368 e. The van der Waals surface area contributed by atoms with E-state index in [1.54, 1.807) is 6.20 Å². The van der Waals surface area contributed by atoms with E-state index < -0.39 is 0 Å². The van der Waals surface area contributed by atoms with E-state index in [9.17, 15) is 9.18 Å². The van der Waals surface area contributed by atoms with Gasteiger partial charge in [0.25, 0.3) is 0 Å². The highest BCUT2D eigenvalue weighted by molar-refractivity contribution is 5.92. The molecule has 0 bridgehead atoms. The van der Waals surface area contributed by atoms with Crippen LogP contribution in [0.4, 0.5) is 21.6 Å². The molecule has 0 radical (unpaired) electrons. The Labute approximate surface area is 160 Å². The lowest BCUT2D eigenvalue weighted by molar-refractivity contribution is -0.120. The number of pyridine rings is 1. The lowest BCUT2D eigenvalue weighted by atomic mass is 10.0. The van der Waals surface area contributed by atoms with Crippen molar-refractivity contribution in [1.29, 1.82) is 0 Å². The maximum atomic E-state index is 13.1. The molecule has 1 aromatic heterocycles. The minimum absolute atomic E-state index is 0.0456. The van der Waals surface area contributed by atoms with Crippen LogP contribution in [0.3, 0.4) is 0 Å². The van der Waals surface area contributed by atoms with Crippen LogP contribution in [0.15, 0.2) is 42.6 Å². The third kappa shape index (κ3) is 4.76. The van der Waals surface area contributed by atoms with Crippen LogP contribution in [0.5, 0.6) is 0 Å². The van der Waals surface area contributed by atoms with Crippen molar-refractivity contribution in [3.8, 4) is 0 Å². The van der Waals surface area contributed by atoms with Crippen molar-refractivity contribution in [3.05, 3.63) is 48.4 Å². The lowest BCUT2D eigenvalue weighted by Crippen LogP contribution is -2.46. The van der Waals surface area contributed by atoms with Crippen LogP contribution in [0.1, 0.15) is 26.7 Å². The average molecular weight is 370 g/mol. The molecule has 144 valence electrons. The standard InChI is InChI=1S/C21H27FN4O/c1-3-16(4-2)21(27)24-18-7-10-20(23-15-18)26-13-11-25(12-14-26)19-8-5-17(22)6-9-19/h5-10,15-16H,3-4,11-14H2,1-2H3,(H,24,27). The molecule has 5 nitrogen and oxygen atoms in total. The molecule has 1 saturated heterocycles. The third-order valence-electron chi connectivity index (χ3n) is 5.17. The summed E-state index contributed by atoms with van der Waals surface area (Å²) in [5, 5.41) is 2.95. The number of nitrogens with zero attached hydrogens (tertiary/aromatic N) is 3. The van der Waals surface area contributed by atoms with Crippen molar-refractivity contribution in [2.24, 2.45) is 5.92 Å². The monoisotopic (exact) mass is 370 g/mol. The van der Waals surface area contributed by atoms with Gasteiger partial charge in [-0.1, -0.05) is 13.8 Å². The van der Waals surface area contributed by atoms with E-state index in [0.717, 1.165) is 56.2 Å². The summed E-state index contributed by atoms with van der Waals surface area (Å²) < 4.78 is 13.1. The Hall–Kier alpha value is -2.63. The van der Waals surface area contributed by atoms with Gasteiger partial charge in [-0.05, 0) is 49.2 Å². The van der Waals surface area contributed by atoms with Crippen molar-refractivity contribution in [2.45, 2.75) is 26.7 Å². The number of nitrogens with one attached hydrogen (secondary N) is 1. The number of piperazine rings is 1. The van der Waals surface area contributed by atoms with E-state index >= 15 is 0 Å². The number of aromatic nitrogens is 1. The van der Waals surface area contributed by atoms with Gasteiger partial charge >= 0.3 is 0 Å². The topological polar surface area (TPSA) is 48.5 Å². The molecule has 1 fully saturated rings. The molecule has 2 heterocycles. The minimum Gasteiger partial charge on any atom is -0.368 e. The SMILES string of the molecule is CCC(CC)C(=O)Nc1ccc(N2CCN(c3ccc(F)cc3)CC2)nc1. The molecule has 0 unspecified atom stereocenters. The number of hydrogen-bond acceptors (Lipinski definition) is 4. The summed E-state index contributed by atoms with van der Waals surface area (Å²) in [6.45, 7) is 7.48. The summed E-state index contributed by atoms with van der Waals surface area (Å²) in [6, 6.07) is 10.5. The number of anilines is 3. The zero-order valence-corrected chi connectivity index (χ0v) is 16.0. The Morgan fingerprint density at radius 2 is 1.67 bits per heavy atom. The van der Waals surface area contributed by atoms with E-state index in [1.807, 2.05) is 38.1 Å². The summed E-state index contributed by atoms with van der Waals surface area (Å²) in [4.78, 5) is 21.2. The van der Waals surface area contributed by atoms with Crippen LogP contribution < -0.4 is 15.1 Å². The van der Waals surface area contributed by atoms with E-state index in [0.29, 0.717) is 0 Å². The van der Waals surface area contributed by atoms with Gasteiger partial charge in [-0.3, -0.25) is 4.79 Å². The van der Waals surface area contributed by atoms with Crippen molar-refractivity contribution in [2.75, 3.05) is 41.3 Å². The number of rotatable bonds is 6.